The molecule has 0 aromatic heterocycles. The first-order valence-electron chi connectivity index (χ1n) is 9.21. The highest BCUT2D eigenvalue weighted by Gasteiger charge is 2.15. The summed E-state index contributed by atoms with van der Waals surface area (Å²) in [5.41, 5.74) is 1.23. The van der Waals surface area contributed by atoms with E-state index in [-0.39, 0.29) is 0 Å². The SMILES string of the molecule is CN=C(NCc1ccc(OC2CCCCC2)cc1)NC1CC=CC1. The molecule has 0 heterocycles. The lowest BCUT2D eigenvalue weighted by Crippen LogP contribution is -2.42. The standard InChI is InChI=1S/C20H29N3O/c1-21-20(23-17-7-5-6-8-17)22-15-16-11-13-19(14-12-16)24-18-9-3-2-4-10-18/h5-6,11-14,17-18H,2-4,7-10,15H2,1H3,(H2,21,22,23). The smallest absolute Gasteiger partial charge is 0.191 e. The van der Waals surface area contributed by atoms with Crippen molar-refractivity contribution in [2.24, 2.45) is 4.99 Å². The maximum Gasteiger partial charge on any atom is 0.191 e. The molecule has 0 saturated heterocycles. The van der Waals surface area contributed by atoms with Gasteiger partial charge >= 0.3 is 0 Å². The molecule has 4 nitrogen and oxygen atoms in total. The molecular weight excluding hydrogens is 298 g/mol. The Kier molecular flexibility index (Phi) is 6.16. The summed E-state index contributed by atoms with van der Waals surface area (Å²) in [6.45, 7) is 0.767. The second-order valence-electron chi connectivity index (χ2n) is 6.73. The van der Waals surface area contributed by atoms with E-state index in [9.17, 15) is 0 Å². The third-order valence-electron chi connectivity index (χ3n) is 4.81. The fourth-order valence-electron chi connectivity index (χ4n) is 3.37. The Hall–Kier alpha value is -1.97. The number of benzene rings is 1. The van der Waals surface area contributed by atoms with Gasteiger partial charge in [0, 0.05) is 19.6 Å². The Balaban J connectivity index is 1.44. The largest absolute Gasteiger partial charge is 0.490 e. The zero-order valence-corrected chi connectivity index (χ0v) is 14.6. The first-order valence-corrected chi connectivity index (χ1v) is 9.21. The van der Waals surface area contributed by atoms with E-state index in [1.807, 2.05) is 7.05 Å². The van der Waals surface area contributed by atoms with Gasteiger partial charge in [0.2, 0.25) is 0 Å². The molecular formula is C20H29N3O. The molecule has 0 aliphatic heterocycles. The minimum Gasteiger partial charge on any atom is -0.490 e. The molecule has 4 heteroatoms. The maximum absolute atomic E-state index is 6.08. The lowest BCUT2D eigenvalue weighted by atomic mass is 9.98. The highest BCUT2D eigenvalue weighted by Crippen LogP contribution is 2.23. The molecule has 1 fully saturated rings. The maximum atomic E-state index is 6.08. The van der Waals surface area contributed by atoms with Crippen molar-refractivity contribution in [2.75, 3.05) is 7.05 Å². The Labute approximate surface area is 145 Å². The Morgan fingerprint density at radius 1 is 1.08 bits per heavy atom. The predicted octanol–water partition coefficient (Wildman–Crippen LogP) is 3.78. The van der Waals surface area contributed by atoms with E-state index in [0.29, 0.717) is 12.1 Å². The van der Waals surface area contributed by atoms with Crippen molar-refractivity contribution < 1.29 is 4.74 Å². The van der Waals surface area contributed by atoms with E-state index < -0.39 is 0 Å². The molecule has 2 aliphatic rings. The molecule has 0 bridgehead atoms. The molecule has 2 N–H and O–H groups in total. The zero-order chi connectivity index (χ0) is 16.6. The Morgan fingerprint density at radius 3 is 2.46 bits per heavy atom. The van der Waals surface area contributed by atoms with Gasteiger partial charge in [-0.25, -0.2) is 0 Å². The molecule has 1 saturated carbocycles. The van der Waals surface area contributed by atoms with Crippen molar-refractivity contribution in [1.82, 2.24) is 10.6 Å². The van der Waals surface area contributed by atoms with E-state index in [4.69, 9.17) is 4.74 Å². The minimum absolute atomic E-state index is 0.408. The first-order chi connectivity index (χ1) is 11.8. The van der Waals surface area contributed by atoms with Crippen LogP contribution in [-0.4, -0.2) is 25.2 Å². The molecule has 24 heavy (non-hydrogen) atoms. The van der Waals surface area contributed by atoms with Crippen molar-refractivity contribution >= 4 is 5.96 Å². The number of hydrogen-bond donors (Lipinski definition) is 2. The monoisotopic (exact) mass is 327 g/mol. The van der Waals surface area contributed by atoms with Crippen molar-refractivity contribution in [3.63, 3.8) is 0 Å². The molecule has 1 aromatic carbocycles. The summed E-state index contributed by atoms with van der Waals surface area (Å²) in [6.07, 6.45) is 13.4. The van der Waals surface area contributed by atoms with Crippen LogP contribution in [0.4, 0.5) is 0 Å². The van der Waals surface area contributed by atoms with Gasteiger partial charge in [-0.05, 0) is 56.2 Å². The summed E-state index contributed by atoms with van der Waals surface area (Å²) in [4.78, 5) is 4.30. The average Bonchev–Trinajstić information content (AvgIpc) is 3.14. The second kappa shape index (κ2) is 8.76. The molecule has 0 amide bonds. The van der Waals surface area contributed by atoms with Crippen molar-refractivity contribution in [1.29, 1.82) is 0 Å². The van der Waals surface area contributed by atoms with Crippen LogP contribution in [0.15, 0.2) is 41.4 Å². The minimum atomic E-state index is 0.408. The fraction of sp³-hybridized carbons (Fsp3) is 0.550. The van der Waals surface area contributed by atoms with Crippen LogP contribution in [0.1, 0.15) is 50.5 Å². The topological polar surface area (TPSA) is 45.7 Å². The van der Waals surface area contributed by atoms with Crippen LogP contribution in [0.5, 0.6) is 5.75 Å². The van der Waals surface area contributed by atoms with Gasteiger partial charge in [-0.15, -0.1) is 0 Å². The molecule has 130 valence electrons. The van der Waals surface area contributed by atoms with E-state index in [0.717, 1.165) is 31.1 Å². The zero-order valence-electron chi connectivity index (χ0n) is 14.6. The number of rotatable bonds is 5. The van der Waals surface area contributed by atoms with E-state index in [1.54, 1.807) is 0 Å². The van der Waals surface area contributed by atoms with Gasteiger partial charge in [0.25, 0.3) is 0 Å². The lowest BCUT2D eigenvalue weighted by Gasteiger charge is -2.23. The third kappa shape index (κ3) is 5.02. The van der Waals surface area contributed by atoms with Gasteiger partial charge in [0.05, 0.1) is 6.10 Å². The summed E-state index contributed by atoms with van der Waals surface area (Å²) in [5, 5.41) is 6.84. The molecule has 1 aromatic rings. The number of ether oxygens (including phenoxy) is 1. The van der Waals surface area contributed by atoms with E-state index in [2.05, 4.69) is 52.0 Å². The van der Waals surface area contributed by atoms with E-state index >= 15 is 0 Å². The third-order valence-corrected chi connectivity index (χ3v) is 4.81. The normalized spacial score (nSPS) is 19.5. The highest BCUT2D eigenvalue weighted by molar-refractivity contribution is 5.80. The number of hydrogen-bond acceptors (Lipinski definition) is 2. The summed E-state index contributed by atoms with van der Waals surface area (Å²) in [5.74, 6) is 1.86. The molecule has 2 aliphatic carbocycles. The molecule has 0 unspecified atom stereocenters. The van der Waals surface area contributed by atoms with Crippen molar-refractivity contribution in [3.8, 4) is 5.75 Å². The predicted molar refractivity (Wildman–Crippen MR) is 99.4 cm³/mol. The van der Waals surface area contributed by atoms with Crippen LogP contribution >= 0.6 is 0 Å². The van der Waals surface area contributed by atoms with Gasteiger partial charge < -0.3 is 15.4 Å². The molecule has 0 atom stereocenters. The van der Waals surface area contributed by atoms with E-state index in [1.165, 1.54) is 37.7 Å². The Morgan fingerprint density at radius 2 is 1.79 bits per heavy atom. The van der Waals surface area contributed by atoms with Gasteiger partial charge in [-0.2, -0.15) is 0 Å². The van der Waals surface area contributed by atoms with Crippen molar-refractivity contribution in [2.45, 2.75) is 63.6 Å². The van der Waals surface area contributed by atoms with Crippen LogP contribution in [0, 0.1) is 0 Å². The van der Waals surface area contributed by atoms with Crippen LogP contribution in [0.25, 0.3) is 0 Å². The van der Waals surface area contributed by atoms with Gasteiger partial charge in [-0.3, -0.25) is 4.99 Å². The number of nitrogens with one attached hydrogen (secondary N) is 2. The Bertz CT molecular complexity index is 551. The quantitative estimate of drug-likeness (QED) is 0.491. The molecule has 0 radical (unpaired) electrons. The van der Waals surface area contributed by atoms with Crippen LogP contribution in [0.2, 0.25) is 0 Å². The van der Waals surface area contributed by atoms with Crippen LogP contribution in [-0.2, 0) is 6.54 Å². The molecule has 0 spiro atoms. The highest BCUT2D eigenvalue weighted by atomic mass is 16.5. The van der Waals surface area contributed by atoms with Gasteiger partial charge in [0.15, 0.2) is 5.96 Å². The first kappa shape index (κ1) is 16.9. The number of aliphatic imine (C=N–C) groups is 1. The summed E-state index contributed by atoms with van der Waals surface area (Å²) < 4.78 is 6.08. The average molecular weight is 327 g/mol. The number of nitrogens with zero attached hydrogens (tertiary/aromatic N) is 1. The lowest BCUT2D eigenvalue weighted by molar-refractivity contribution is 0.155. The number of guanidine groups is 1. The van der Waals surface area contributed by atoms with Crippen LogP contribution in [0.3, 0.4) is 0 Å². The molecule has 3 rings (SSSR count). The van der Waals surface area contributed by atoms with Crippen LogP contribution < -0.4 is 15.4 Å². The van der Waals surface area contributed by atoms with Crippen molar-refractivity contribution in [3.05, 3.63) is 42.0 Å². The second-order valence-corrected chi connectivity index (χ2v) is 6.73. The summed E-state index contributed by atoms with van der Waals surface area (Å²) in [6, 6.07) is 8.92. The fourth-order valence-corrected chi connectivity index (χ4v) is 3.37. The van der Waals surface area contributed by atoms with Gasteiger partial charge in [-0.1, -0.05) is 30.7 Å². The summed E-state index contributed by atoms with van der Waals surface area (Å²) >= 11 is 0. The summed E-state index contributed by atoms with van der Waals surface area (Å²) in [7, 11) is 1.82. The van der Waals surface area contributed by atoms with Gasteiger partial charge in [0.1, 0.15) is 5.75 Å².